The molecule has 2 aromatic carbocycles. The molecule has 0 spiro atoms. The number of halogens is 6. The van der Waals surface area contributed by atoms with Crippen molar-refractivity contribution in [3.63, 3.8) is 0 Å². The van der Waals surface area contributed by atoms with Crippen molar-refractivity contribution in [3.8, 4) is 0 Å². The van der Waals surface area contributed by atoms with Crippen molar-refractivity contribution in [2.75, 3.05) is 26.3 Å². The van der Waals surface area contributed by atoms with Gasteiger partial charge in [0.1, 0.15) is 13.2 Å². The van der Waals surface area contributed by atoms with Crippen LogP contribution in [0.1, 0.15) is 52.5 Å². The lowest BCUT2D eigenvalue weighted by Gasteiger charge is -2.23. The predicted octanol–water partition coefficient (Wildman–Crippen LogP) is 6.33. The monoisotopic (exact) mass is 616 g/mol. The first-order valence-electron chi connectivity index (χ1n) is 13.2. The molecule has 2 fully saturated rings. The maximum Gasteiger partial charge on any atom is 0.416 e. The summed E-state index contributed by atoms with van der Waals surface area (Å²) in [6, 6.07) is 10.4. The number of cyclic esters (lactones) is 2. The van der Waals surface area contributed by atoms with Crippen LogP contribution in [0.3, 0.4) is 0 Å². The van der Waals surface area contributed by atoms with Crippen LogP contribution < -0.4 is 0 Å². The molecular weight excluding hydrogens is 586 g/mol. The van der Waals surface area contributed by atoms with Crippen LogP contribution in [-0.4, -0.2) is 72.5 Å². The van der Waals surface area contributed by atoms with E-state index in [1.165, 1.54) is 18.2 Å². The van der Waals surface area contributed by atoms with Crippen LogP contribution in [0.2, 0.25) is 0 Å². The first-order chi connectivity index (χ1) is 20.0. The second kappa shape index (κ2) is 13.5. The molecule has 0 radical (unpaired) electrons. The van der Waals surface area contributed by atoms with Crippen LogP contribution in [0.5, 0.6) is 0 Å². The highest BCUT2D eigenvalue weighted by Gasteiger charge is 2.45. The molecule has 0 unspecified atom stereocenters. The van der Waals surface area contributed by atoms with Gasteiger partial charge in [0.25, 0.3) is 0 Å². The van der Waals surface area contributed by atoms with Crippen LogP contribution in [-0.2, 0) is 19.1 Å². The van der Waals surface area contributed by atoms with E-state index in [0.29, 0.717) is 10.5 Å². The molecule has 2 saturated heterocycles. The van der Waals surface area contributed by atoms with E-state index in [1.54, 1.807) is 45.0 Å². The van der Waals surface area contributed by atoms with E-state index in [2.05, 4.69) is 9.47 Å². The third-order valence-corrected chi connectivity index (χ3v) is 6.95. The van der Waals surface area contributed by atoms with Crippen LogP contribution in [0.4, 0.5) is 35.9 Å². The zero-order chi connectivity index (χ0) is 32.1. The maximum atomic E-state index is 13.3. The third kappa shape index (κ3) is 8.71. The lowest BCUT2D eigenvalue weighted by atomic mass is 9.90. The number of hydrogen-bond donors (Lipinski definition) is 0. The lowest BCUT2D eigenvalue weighted by molar-refractivity contribution is -0.159. The summed E-state index contributed by atoms with van der Waals surface area (Å²) in [7, 11) is 0. The van der Waals surface area contributed by atoms with Gasteiger partial charge in [-0.05, 0) is 37.5 Å². The number of amides is 4. The van der Waals surface area contributed by atoms with Crippen molar-refractivity contribution in [3.05, 3.63) is 70.3 Å². The fraction of sp³-hybridized carbons (Fsp3) is 0.448. The summed E-state index contributed by atoms with van der Waals surface area (Å²) in [4.78, 5) is 47.8. The highest BCUT2D eigenvalue weighted by molar-refractivity contribution is 5.94. The lowest BCUT2D eigenvalue weighted by Crippen LogP contribution is -2.35. The van der Waals surface area contributed by atoms with Crippen molar-refractivity contribution in [2.24, 2.45) is 0 Å². The Morgan fingerprint density at radius 2 is 1.16 bits per heavy atom. The molecule has 0 bridgehead atoms. The molecule has 14 heteroatoms. The molecule has 0 N–H and O–H groups in total. The van der Waals surface area contributed by atoms with E-state index in [9.17, 15) is 45.5 Å². The summed E-state index contributed by atoms with van der Waals surface area (Å²) in [5, 5.41) is 0. The van der Waals surface area contributed by atoms with Crippen molar-refractivity contribution >= 4 is 24.0 Å². The summed E-state index contributed by atoms with van der Waals surface area (Å²) < 4.78 is 88.7. The largest absolute Gasteiger partial charge is 0.447 e. The molecule has 2 aromatic rings. The molecule has 0 saturated carbocycles. The molecule has 2 atom stereocenters. The number of ether oxygens (including phenoxy) is 2. The van der Waals surface area contributed by atoms with E-state index in [0.717, 1.165) is 16.0 Å². The van der Waals surface area contributed by atoms with Gasteiger partial charge in [0.15, 0.2) is 0 Å². The first kappa shape index (κ1) is 33.4. The summed E-state index contributed by atoms with van der Waals surface area (Å²) in [5.74, 6) is -5.61. The van der Waals surface area contributed by atoms with Gasteiger partial charge in [0, 0.05) is 12.8 Å². The van der Waals surface area contributed by atoms with E-state index in [4.69, 9.17) is 0 Å². The van der Waals surface area contributed by atoms with Crippen LogP contribution in [0.15, 0.2) is 42.5 Å². The van der Waals surface area contributed by atoms with Gasteiger partial charge in [-0.1, -0.05) is 53.6 Å². The Bertz CT molecular complexity index is 1340. The van der Waals surface area contributed by atoms with Crippen molar-refractivity contribution in [1.29, 1.82) is 0 Å². The van der Waals surface area contributed by atoms with Crippen molar-refractivity contribution in [1.82, 2.24) is 9.80 Å². The standard InChI is InChI=1S/C15H16F3NO3.C14H14F3NO3/c1-9-3-4-11(10(2)7-9)12(15(16,17)18)8-13(20)19-5-6-22-14(19)21;1-9-2-4-10(5-3-9)11(14(15,16)17)8-12(19)18-6-7-21-13(18)20/h3-4,7,12H,5-6,8H2,1-2H3;2-5,11H,6-8H2,1H3/t12-;11-/m00/s1. The Balaban J connectivity index is 0.000000236. The highest BCUT2D eigenvalue weighted by Crippen LogP contribution is 2.40. The second-order valence-electron chi connectivity index (χ2n) is 10.2. The molecule has 234 valence electrons. The van der Waals surface area contributed by atoms with Gasteiger partial charge in [-0.25, -0.2) is 19.4 Å². The minimum atomic E-state index is -4.57. The zero-order valence-electron chi connectivity index (χ0n) is 23.6. The number of carbonyl (C=O) groups is 4. The Kier molecular flexibility index (Phi) is 10.5. The number of rotatable bonds is 6. The van der Waals surface area contributed by atoms with Crippen LogP contribution in [0.25, 0.3) is 0 Å². The Labute approximate surface area is 243 Å². The quantitative estimate of drug-likeness (QED) is 0.353. The van der Waals surface area contributed by atoms with Crippen LogP contribution >= 0.6 is 0 Å². The minimum Gasteiger partial charge on any atom is -0.447 e. The summed E-state index contributed by atoms with van der Waals surface area (Å²) in [5.41, 5.74) is 2.21. The normalized spacial score (nSPS) is 16.7. The predicted molar refractivity (Wildman–Crippen MR) is 140 cm³/mol. The Morgan fingerprint density at radius 1 is 0.721 bits per heavy atom. The average molecular weight is 617 g/mol. The zero-order valence-corrected chi connectivity index (χ0v) is 23.6. The molecule has 2 aliphatic rings. The Morgan fingerprint density at radius 3 is 1.56 bits per heavy atom. The molecular formula is C29H30F6N2O6. The third-order valence-electron chi connectivity index (χ3n) is 6.95. The van der Waals surface area contributed by atoms with Gasteiger partial charge in [0.05, 0.1) is 24.9 Å². The van der Waals surface area contributed by atoms with Gasteiger partial charge in [0.2, 0.25) is 11.8 Å². The van der Waals surface area contributed by atoms with E-state index in [1.807, 2.05) is 0 Å². The smallest absolute Gasteiger partial charge is 0.416 e. The molecule has 4 rings (SSSR count). The van der Waals surface area contributed by atoms with Gasteiger partial charge >= 0.3 is 24.5 Å². The highest BCUT2D eigenvalue weighted by atomic mass is 19.4. The average Bonchev–Trinajstić information content (AvgIpc) is 3.53. The first-order valence-corrected chi connectivity index (χ1v) is 13.2. The van der Waals surface area contributed by atoms with E-state index < -0.39 is 61.0 Å². The summed E-state index contributed by atoms with van der Waals surface area (Å²) >= 11 is 0. The maximum absolute atomic E-state index is 13.3. The summed E-state index contributed by atoms with van der Waals surface area (Å²) in [6.07, 6.45) is -12.5. The molecule has 8 nitrogen and oxygen atoms in total. The van der Waals surface area contributed by atoms with Gasteiger partial charge in [-0.3, -0.25) is 9.59 Å². The minimum absolute atomic E-state index is 0.00383. The number of alkyl halides is 6. The topological polar surface area (TPSA) is 93.2 Å². The van der Waals surface area contributed by atoms with Gasteiger partial charge in [-0.15, -0.1) is 0 Å². The molecule has 0 aliphatic carbocycles. The number of benzene rings is 2. The van der Waals surface area contributed by atoms with E-state index >= 15 is 0 Å². The molecule has 0 aromatic heterocycles. The second-order valence-corrected chi connectivity index (χ2v) is 10.2. The van der Waals surface area contributed by atoms with E-state index in [-0.39, 0.29) is 37.4 Å². The van der Waals surface area contributed by atoms with Gasteiger partial charge < -0.3 is 9.47 Å². The number of aryl methyl sites for hydroxylation is 3. The van der Waals surface area contributed by atoms with Crippen LogP contribution in [0, 0.1) is 20.8 Å². The SMILES string of the molecule is Cc1ccc([C@H](CC(=O)N2CCOC2=O)C(F)(F)F)c(C)c1.Cc1ccc([C@H](CC(=O)N2CCOC2=O)C(F)(F)F)cc1. The molecule has 2 aliphatic heterocycles. The fourth-order valence-corrected chi connectivity index (χ4v) is 4.65. The number of nitrogens with zero attached hydrogens (tertiary/aromatic N) is 2. The van der Waals surface area contributed by atoms with Gasteiger partial charge in [-0.2, -0.15) is 26.3 Å². The molecule has 4 amide bonds. The number of hydrogen-bond acceptors (Lipinski definition) is 6. The number of imide groups is 2. The molecule has 43 heavy (non-hydrogen) atoms. The number of carbonyl (C=O) groups excluding carboxylic acids is 4. The van der Waals surface area contributed by atoms with Crippen molar-refractivity contribution in [2.45, 2.75) is 57.8 Å². The fourth-order valence-electron chi connectivity index (χ4n) is 4.65. The molecule has 2 heterocycles. The van der Waals surface area contributed by atoms with Crippen molar-refractivity contribution < 1.29 is 55.0 Å². The Hall–Kier alpha value is -4.10. The summed E-state index contributed by atoms with van der Waals surface area (Å²) in [6.45, 7) is 5.15.